The molecule has 1 aromatic heterocycles. The Kier molecular flexibility index (Phi) is 5.07. The van der Waals surface area contributed by atoms with Crippen molar-refractivity contribution in [1.82, 2.24) is 4.98 Å². The number of carbonyl (C=O) groups excluding carboxylic acids is 1. The van der Waals surface area contributed by atoms with E-state index in [-0.39, 0.29) is 6.03 Å². The minimum absolute atomic E-state index is 0.252. The second kappa shape index (κ2) is 8.16. The van der Waals surface area contributed by atoms with Gasteiger partial charge in [0.25, 0.3) is 0 Å². The molecule has 1 aliphatic rings. The van der Waals surface area contributed by atoms with Crippen molar-refractivity contribution >= 4 is 45.8 Å². The van der Waals surface area contributed by atoms with Gasteiger partial charge in [0, 0.05) is 46.5 Å². The summed E-state index contributed by atoms with van der Waals surface area (Å²) in [4.78, 5) is 19.4. The Morgan fingerprint density at radius 1 is 1.00 bits per heavy atom. The minimum atomic E-state index is -0.252. The van der Waals surface area contributed by atoms with Crippen molar-refractivity contribution in [3.8, 4) is 0 Å². The first-order valence-corrected chi connectivity index (χ1v) is 10.9. The molecule has 0 bridgehead atoms. The Balaban J connectivity index is 1.33. The van der Waals surface area contributed by atoms with Crippen LogP contribution in [0.15, 0.2) is 83.9 Å². The van der Waals surface area contributed by atoms with Gasteiger partial charge in [-0.1, -0.05) is 48.5 Å². The number of hydrogen-bond donors (Lipinski definition) is 3. The standard InChI is InChI=1S/C24H22N4OS/c29-24(27-21-15-25-20-9-5-4-8-19(20)21)26-18-10-11-23-22(14-18)28(12-13-30-23)16-17-6-2-1-3-7-17/h1-11,14-15,25H,12-13,16H2,(H2,26,27,29). The molecule has 1 aliphatic heterocycles. The van der Waals surface area contributed by atoms with Gasteiger partial charge in [-0.05, 0) is 29.8 Å². The van der Waals surface area contributed by atoms with Crippen LogP contribution in [0.3, 0.4) is 0 Å². The quantitative estimate of drug-likeness (QED) is 0.388. The summed E-state index contributed by atoms with van der Waals surface area (Å²) in [6.07, 6.45) is 1.81. The molecule has 0 saturated heterocycles. The van der Waals surface area contributed by atoms with Crippen LogP contribution < -0.4 is 15.5 Å². The Hall–Kier alpha value is -3.38. The maximum atomic E-state index is 12.6. The van der Waals surface area contributed by atoms with Gasteiger partial charge in [0.15, 0.2) is 0 Å². The predicted molar refractivity (Wildman–Crippen MR) is 126 cm³/mol. The number of amides is 2. The lowest BCUT2D eigenvalue weighted by Gasteiger charge is -2.31. The molecule has 30 heavy (non-hydrogen) atoms. The van der Waals surface area contributed by atoms with Crippen molar-refractivity contribution in [3.05, 3.63) is 84.6 Å². The predicted octanol–water partition coefficient (Wildman–Crippen LogP) is 5.92. The van der Waals surface area contributed by atoms with Gasteiger partial charge in [0.1, 0.15) is 0 Å². The van der Waals surface area contributed by atoms with Crippen LogP contribution in [0.4, 0.5) is 21.9 Å². The Bertz CT molecular complexity index is 1190. The topological polar surface area (TPSA) is 60.2 Å². The summed E-state index contributed by atoms with van der Waals surface area (Å²) < 4.78 is 0. The SMILES string of the molecule is O=C(Nc1ccc2c(c1)N(Cc1ccccc1)CCS2)Nc1c[nH]c2ccccc12. The van der Waals surface area contributed by atoms with Gasteiger partial charge < -0.3 is 20.5 Å². The zero-order valence-electron chi connectivity index (χ0n) is 16.4. The first-order chi connectivity index (χ1) is 14.8. The third kappa shape index (κ3) is 3.86. The number of carbonyl (C=O) groups is 1. The maximum Gasteiger partial charge on any atom is 0.323 e. The molecule has 0 radical (unpaired) electrons. The number of para-hydroxylation sites is 1. The summed E-state index contributed by atoms with van der Waals surface area (Å²) >= 11 is 1.86. The molecule has 0 unspecified atom stereocenters. The van der Waals surface area contributed by atoms with Crippen molar-refractivity contribution in [3.63, 3.8) is 0 Å². The van der Waals surface area contributed by atoms with Gasteiger partial charge in [-0.15, -0.1) is 11.8 Å². The number of nitrogens with one attached hydrogen (secondary N) is 3. The molecule has 2 heterocycles. The molecule has 5 rings (SSSR count). The Morgan fingerprint density at radius 2 is 1.83 bits per heavy atom. The summed E-state index contributed by atoms with van der Waals surface area (Å²) in [6, 6.07) is 24.3. The highest BCUT2D eigenvalue weighted by atomic mass is 32.2. The van der Waals surface area contributed by atoms with Crippen LogP contribution in [0.5, 0.6) is 0 Å². The van der Waals surface area contributed by atoms with E-state index in [4.69, 9.17) is 0 Å². The van der Waals surface area contributed by atoms with E-state index < -0.39 is 0 Å². The van der Waals surface area contributed by atoms with Crippen molar-refractivity contribution < 1.29 is 4.79 Å². The summed E-state index contributed by atoms with van der Waals surface area (Å²) in [7, 11) is 0. The molecule has 2 amide bonds. The number of aromatic amines is 1. The Labute approximate surface area is 179 Å². The van der Waals surface area contributed by atoms with E-state index in [1.54, 1.807) is 0 Å². The van der Waals surface area contributed by atoms with Crippen molar-refractivity contribution in [2.24, 2.45) is 0 Å². The van der Waals surface area contributed by atoms with Gasteiger partial charge in [0.2, 0.25) is 0 Å². The lowest BCUT2D eigenvalue weighted by atomic mass is 10.2. The molecule has 0 spiro atoms. The van der Waals surface area contributed by atoms with E-state index in [0.29, 0.717) is 0 Å². The number of H-pyrrole nitrogens is 1. The number of fused-ring (bicyclic) bond motifs is 2. The van der Waals surface area contributed by atoms with Crippen LogP contribution in [0.2, 0.25) is 0 Å². The van der Waals surface area contributed by atoms with Crippen LogP contribution in [0.1, 0.15) is 5.56 Å². The summed E-state index contributed by atoms with van der Waals surface area (Å²) in [6.45, 7) is 1.84. The van der Waals surface area contributed by atoms with E-state index in [1.165, 1.54) is 16.1 Å². The number of thioether (sulfide) groups is 1. The molecule has 3 aromatic carbocycles. The first kappa shape index (κ1) is 18.6. The van der Waals surface area contributed by atoms with Gasteiger partial charge in [-0.3, -0.25) is 0 Å². The zero-order chi connectivity index (χ0) is 20.3. The van der Waals surface area contributed by atoms with Crippen LogP contribution in [-0.2, 0) is 6.54 Å². The normalized spacial score (nSPS) is 13.1. The maximum absolute atomic E-state index is 12.6. The largest absolute Gasteiger partial charge is 0.365 e. The Morgan fingerprint density at radius 3 is 2.73 bits per heavy atom. The van der Waals surface area contributed by atoms with Gasteiger partial charge in [-0.25, -0.2) is 4.79 Å². The van der Waals surface area contributed by atoms with Crippen molar-refractivity contribution in [2.45, 2.75) is 11.4 Å². The lowest BCUT2D eigenvalue weighted by molar-refractivity contribution is 0.262. The number of urea groups is 1. The molecule has 150 valence electrons. The van der Waals surface area contributed by atoms with E-state index >= 15 is 0 Å². The summed E-state index contributed by atoms with van der Waals surface area (Å²) in [5, 5.41) is 6.91. The van der Waals surface area contributed by atoms with Crippen molar-refractivity contribution in [2.75, 3.05) is 27.8 Å². The van der Waals surface area contributed by atoms with E-state index in [1.807, 2.05) is 54.4 Å². The lowest BCUT2D eigenvalue weighted by Crippen LogP contribution is -2.29. The van der Waals surface area contributed by atoms with Crippen LogP contribution >= 0.6 is 11.8 Å². The van der Waals surface area contributed by atoms with Crippen LogP contribution in [0.25, 0.3) is 10.9 Å². The minimum Gasteiger partial charge on any atom is -0.365 e. The highest BCUT2D eigenvalue weighted by Gasteiger charge is 2.18. The van der Waals surface area contributed by atoms with E-state index in [2.05, 4.69) is 56.9 Å². The summed E-state index contributed by atoms with van der Waals surface area (Å²) in [5.41, 5.74) is 5.00. The monoisotopic (exact) mass is 414 g/mol. The van der Waals surface area contributed by atoms with Gasteiger partial charge in [0.05, 0.1) is 11.4 Å². The van der Waals surface area contributed by atoms with E-state index in [9.17, 15) is 4.79 Å². The number of aromatic nitrogens is 1. The second-order valence-electron chi connectivity index (χ2n) is 7.27. The molecule has 0 fully saturated rings. The first-order valence-electron chi connectivity index (χ1n) is 9.96. The molecule has 0 aliphatic carbocycles. The zero-order valence-corrected chi connectivity index (χ0v) is 17.2. The third-order valence-electron chi connectivity index (χ3n) is 5.23. The second-order valence-corrected chi connectivity index (χ2v) is 8.40. The third-order valence-corrected chi connectivity index (χ3v) is 6.27. The fourth-order valence-electron chi connectivity index (χ4n) is 3.78. The van der Waals surface area contributed by atoms with Crippen LogP contribution in [-0.4, -0.2) is 23.3 Å². The number of rotatable bonds is 4. The molecule has 6 heteroatoms. The molecule has 0 atom stereocenters. The van der Waals surface area contributed by atoms with Crippen molar-refractivity contribution in [1.29, 1.82) is 0 Å². The molecule has 5 nitrogen and oxygen atoms in total. The fraction of sp³-hybridized carbons (Fsp3) is 0.125. The van der Waals surface area contributed by atoms with Gasteiger partial charge >= 0.3 is 6.03 Å². The average molecular weight is 415 g/mol. The molecule has 0 saturated carbocycles. The molecule has 3 N–H and O–H groups in total. The highest BCUT2D eigenvalue weighted by Crippen LogP contribution is 2.37. The number of hydrogen-bond acceptors (Lipinski definition) is 3. The fourth-order valence-corrected chi connectivity index (χ4v) is 4.81. The number of benzene rings is 3. The number of nitrogens with zero attached hydrogens (tertiary/aromatic N) is 1. The van der Waals surface area contributed by atoms with Crippen LogP contribution in [0, 0.1) is 0 Å². The molecular weight excluding hydrogens is 392 g/mol. The molecule has 4 aromatic rings. The number of anilines is 3. The smallest absolute Gasteiger partial charge is 0.323 e. The summed E-state index contributed by atoms with van der Waals surface area (Å²) in [5.74, 6) is 1.06. The highest BCUT2D eigenvalue weighted by molar-refractivity contribution is 7.99. The average Bonchev–Trinajstić information content (AvgIpc) is 3.18. The molecular formula is C24H22N4OS. The van der Waals surface area contributed by atoms with Gasteiger partial charge in [-0.2, -0.15) is 0 Å². The van der Waals surface area contributed by atoms with E-state index in [0.717, 1.165) is 41.1 Å².